The van der Waals surface area contributed by atoms with Crippen LogP contribution in [0.4, 0.5) is 10.5 Å². The Morgan fingerprint density at radius 3 is 2.32 bits per heavy atom. The first kappa shape index (κ1) is 21.7. The standard InChI is InChI=1S/C18H24N2O7S/c1-18(2,3)27-17(23)20-13-6-4-12(5-7-13)16(22)26-10-15(21)19-14-8-9-28(24,25)11-14/h4-7,14H,8-11H2,1-3H3,(H,19,21)(H,20,23)/t14-/m1/s1. The van der Waals surface area contributed by atoms with Gasteiger partial charge < -0.3 is 14.8 Å². The van der Waals surface area contributed by atoms with E-state index in [2.05, 4.69) is 10.6 Å². The van der Waals surface area contributed by atoms with Crippen molar-refractivity contribution < 1.29 is 32.3 Å². The van der Waals surface area contributed by atoms with Gasteiger partial charge in [0.1, 0.15) is 5.60 Å². The topological polar surface area (TPSA) is 128 Å². The minimum absolute atomic E-state index is 0.0431. The maximum atomic E-state index is 12.0. The number of hydrogen-bond acceptors (Lipinski definition) is 7. The molecule has 0 spiro atoms. The number of carbonyl (C=O) groups is 3. The molecular formula is C18H24N2O7S. The number of sulfone groups is 1. The molecule has 2 amide bonds. The number of ether oxygens (including phenoxy) is 2. The van der Waals surface area contributed by atoms with Gasteiger partial charge in [-0.25, -0.2) is 18.0 Å². The summed E-state index contributed by atoms with van der Waals surface area (Å²) in [6, 6.07) is 5.44. The Hall–Kier alpha value is -2.62. The lowest BCUT2D eigenvalue weighted by atomic mass is 10.2. The summed E-state index contributed by atoms with van der Waals surface area (Å²) in [5.74, 6) is -1.32. The molecule has 0 aliphatic carbocycles. The van der Waals surface area contributed by atoms with Crippen LogP contribution >= 0.6 is 0 Å². The molecule has 1 aromatic carbocycles. The average molecular weight is 412 g/mol. The summed E-state index contributed by atoms with van der Waals surface area (Å²) in [7, 11) is -3.10. The van der Waals surface area contributed by atoms with Gasteiger partial charge in [-0.2, -0.15) is 0 Å². The van der Waals surface area contributed by atoms with Gasteiger partial charge in [-0.3, -0.25) is 10.1 Å². The third-order valence-electron chi connectivity index (χ3n) is 3.70. The quantitative estimate of drug-likeness (QED) is 0.701. The summed E-state index contributed by atoms with van der Waals surface area (Å²) in [4.78, 5) is 35.5. The predicted octanol–water partition coefficient (Wildman–Crippen LogP) is 1.49. The molecule has 1 fully saturated rings. The minimum atomic E-state index is -3.10. The summed E-state index contributed by atoms with van der Waals surface area (Å²) in [5.41, 5.74) is 0.00819. The second-order valence-electron chi connectivity index (χ2n) is 7.45. The molecule has 1 aliphatic rings. The summed E-state index contributed by atoms with van der Waals surface area (Å²) < 4.78 is 32.8. The van der Waals surface area contributed by atoms with Crippen LogP contribution in [0.3, 0.4) is 0 Å². The van der Waals surface area contributed by atoms with Crippen molar-refractivity contribution in [3.8, 4) is 0 Å². The highest BCUT2D eigenvalue weighted by molar-refractivity contribution is 7.91. The Morgan fingerprint density at radius 2 is 1.79 bits per heavy atom. The molecule has 1 aromatic rings. The molecule has 0 radical (unpaired) electrons. The molecule has 2 rings (SSSR count). The second-order valence-corrected chi connectivity index (χ2v) is 9.68. The van der Waals surface area contributed by atoms with Crippen molar-refractivity contribution in [3.63, 3.8) is 0 Å². The molecule has 1 heterocycles. The van der Waals surface area contributed by atoms with E-state index in [1.807, 2.05) is 0 Å². The van der Waals surface area contributed by atoms with E-state index in [-0.39, 0.29) is 17.1 Å². The summed E-state index contributed by atoms with van der Waals surface area (Å²) in [6.45, 7) is 4.72. The zero-order valence-corrected chi connectivity index (χ0v) is 16.8. The van der Waals surface area contributed by atoms with Crippen molar-refractivity contribution in [2.45, 2.75) is 38.8 Å². The van der Waals surface area contributed by atoms with Gasteiger partial charge in [0.05, 0.1) is 17.1 Å². The molecule has 0 aromatic heterocycles. The molecule has 1 aliphatic heterocycles. The van der Waals surface area contributed by atoms with Crippen molar-refractivity contribution in [2.24, 2.45) is 0 Å². The molecule has 154 valence electrons. The first-order valence-electron chi connectivity index (χ1n) is 8.70. The Morgan fingerprint density at radius 1 is 1.14 bits per heavy atom. The highest BCUT2D eigenvalue weighted by Gasteiger charge is 2.29. The maximum absolute atomic E-state index is 12.0. The first-order valence-corrected chi connectivity index (χ1v) is 10.5. The minimum Gasteiger partial charge on any atom is -0.452 e. The van der Waals surface area contributed by atoms with Crippen LogP contribution in [-0.4, -0.2) is 56.1 Å². The molecule has 0 saturated carbocycles. The molecular weight excluding hydrogens is 388 g/mol. The number of carbonyl (C=O) groups excluding carboxylic acids is 3. The van der Waals surface area contributed by atoms with Crippen molar-refractivity contribution in [3.05, 3.63) is 29.8 Å². The highest BCUT2D eigenvalue weighted by Crippen LogP contribution is 2.14. The SMILES string of the molecule is CC(C)(C)OC(=O)Nc1ccc(C(=O)OCC(=O)N[C@@H]2CCS(=O)(=O)C2)cc1. The number of benzene rings is 1. The monoisotopic (exact) mass is 412 g/mol. The summed E-state index contributed by atoms with van der Waals surface area (Å²) >= 11 is 0. The van der Waals surface area contributed by atoms with Crippen LogP contribution in [0, 0.1) is 0 Å². The van der Waals surface area contributed by atoms with E-state index in [4.69, 9.17) is 9.47 Å². The van der Waals surface area contributed by atoms with E-state index in [1.165, 1.54) is 24.3 Å². The van der Waals surface area contributed by atoms with Crippen LogP contribution in [0.15, 0.2) is 24.3 Å². The van der Waals surface area contributed by atoms with Crippen LogP contribution in [0.2, 0.25) is 0 Å². The molecule has 2 N–H and O–H groups in total. The van der Waals surface area contributed by atoms with Gasteiger partial charge >= 0.3 is 12.1 Å². The fraction of sp³-hybridized carbons (Fsp3) is 0.500. The van der Waals surface area contributed by atoms with Gasteiger partial charge in [0, 0.05) is 11.7 Å². The number of hydrogen-bond donors (Lipinski definition) is 2. The van der Waals surface area contributed by atoms with Crippen molar-refractivity contribution in [1.29, 1.82) is 0 Å². The molecule has 0 unspecified atom stereocenters. The lowest BCUT2D eigenvalue weighted by molar-refractivity contribution is -0.124. The van der Waals surface area contributed by atoms with Gasteiger partial charge in [-0.15, -0.1) is 0 Å². The molecule has 1 atom stereocenters. The number of esters is 1. The van der Waals surface area contributed by atoms with Crippen molar-refractivity contribution in [1.82, 2.24) is 5.32 Å². The van der Waals surface area contributed by atoms with Crippen LogP contribution in [-0.2, 0) is 24.1 Å². The van der Waals surface area contributed by atoms with Crippen LogP contribution in [0.1, 0.15) is 37.6 Å². The second kappa shape index (κ2) is 8.59. The van der Waals surface area contributed by atoms with Gasteiger partial charge in [-0.1, -0.05) is 0 Å². The smallest absolute Gasteiger partial charge is 0.412 e. The largest absolute Gasteiger partial charge is 0.452 e. The molecule has 1 saturated heterocycles. The lowest BCUT2D eigenvalue weighted by Crippen LogP contribution is -2.38. The lowest BCUT2D eigenvalue weighted by Gasteiger charge is -2.19. The Labute approximate surface area is 163 Å². The van der Waals surface area contributed by atoms with Crippen LogP contribution in [0.5, 0.6) is 0 Å². The zero-order valence-electron chi connectivity index (χ0n) is 16.0. The average Bonchev–Trinajstić information content (AvgIpc) is 2.90. The maximum Gasteiger partial charge on any atom is 0.412 e. The van der Waals surface area contributed by atoms with Gasteiger partial charge in [0.2, 0.25) is 0 Å². The van der Waals surface area contributed by atoms with Gasteiger partial charge in [0.25, 0.3) is 5.91 Å². The van der Waals surface area contributed by atoms with E-state index in [9.17, 15) is 22.8 Å². The predicted molar refractivity (Wildman–Crippen MR) is 102 cm³/mol. The van der Waals surface area contributed by atoms with Gasteiger partial charge in [0.15, 0.2) is 16.4 Å². The van der Waals surface area contributed by atoms with Crippen LogP contribution in [0.25, 0.3) is 0 Å². The molecule has 9 nitrogen and oxygen atoms in total. The normalized spacial score (nSPS) is 18.2. The number of anilines is 1. The van der Waals surface area contributed by atoms with E-state index >= 15 is 0 Å². The molecule has 0 bridgehead atoms. The fourth-order valence-electron chi connectivity index (χ4n) is 2.50. The number of amides is 2. The van der Waals surface area contributed by atoms with Gasteiger partial charge in [-0.05, 0) is 51.5 Å². The Bertz CT molecular complexity index is 842. The van der Waals surface area contributed by atoms with E-state index in [0.717, 1.165) is 0 Å². The third kappa shape index (κ3) is 7.18. The number of nitrogens with one attached hydrogen (secondary N) is 2. The van der Waals surface area contributed by atoms with Crippen LogP contribution < -0.4 is 10.6 Å². The van der Waals surface area contributed by atoms with E-state index in [0.29, 0.717) is 12.1 Å². The molecule has 28 heavy (non-hydrogen) atoms. The summed E-state index contributed by atoms with van der Waals surface area (Å²) in [5, 5.41) is 5.07. The first-order chi connectivity index (χ1) is 12.9. The zero-order chi connectivity index (χ0) is 20.9. The number of rotatable bonds is 5. The van der Waals surface area contributed by atoms with Crippen molar-refractivity contribution >= 4 is 33.5 Å². The Balaban J connectivity index is 1.79. The fourth-order valence-corrected chi connectivity index (χ4v) is 4.18. The van der Waals surface area contributed by atoms with E-state index < -0.39 is 46.1 Å². The van der Waals surface area contributed by atoms with Crippen molar-refractivity contribution in [2.75, 3.05) is 23.4 Å². The molecule has 10 heteroatoms. The Kier molecular flexibility index (Phi) is 6.65. The highest BCUT2D eigenvalue weighted by atomic mass is 32.2. The third-order valence-corrected chi connectivity index (χ3v) is 5.47. The van der Waals surface area contributed by atoms with E-state index in [1.54, 1.807) is 20.8 Å². The summed E-state index contributed by atoms with van der Waals surface area (Å²) in [6.07, 6.45) is -0.262.